The second-order valence-electron chi connectivity index (χ2n) is 3.96. The van der Waals surface area contributed by atoms with E-state index < -0.39 is 11.7 Å². The molecule has 8 heteroatoms. The van der Waals surface area contributed by atoms with Gasteiger partial charge in [-0.3, -0.25) is 0 Å². The minimum atomic E-state index is -4.36. The number of halogens is 3. The molecule has 0 radical (unpaired) electrons. The zero-order valence-electron chi connectivity index (χ0n) is 10.6. The molecule has 2 aromatic rings. The highest BCUT2D eigenvalue weighted by atomic mass is 32.2. The van der Waals surface area contributed by atoms with Gasteiger partial charge in [0.2, 0.25) is 0 Å². The second-order valence-corrected chi connectivity index (χ2v) is 6.00. The van der Waals surface area contributed by atoms with Crippen molar-refractivity contribution in [2.24, 2.45) is 5.73 Å². The topological polar surface area (TPSA) is 51.8 Å². The largest absolute Gasteiger partial charge is 0.416 e. The molecule has 0 atom stereocenters. The Morgan fingerprint density at radius 3 is 2.65 bits per heavy atom. The van der Waals surface area contributed by atoms with Crippen LogP contribution in [-0.2, 0) is 19.1 Å². The van der Waals surface area contributed by atoms with Crippen LogP contribution in [0.5, 0.6) is 0 Å². The second kappa shape index (κ2) is 6.11. The average Bonchev–Trinajstić information content (AvgIpc) is 2.85. The molecular weight excluding hydrogens is 307 g/mol. The maximum absolute atomic E-state index is 12.6. The van der Waals surface area contributed by atoms with Crippen molar-refractivity contribution in [3.8, 4) is 0 Å². The molecule has 20 heavy (non-hydrogen) atoms. The van der Waals surface area contributed by atoms with Crippen LogP contribution in [-0.4, -0.2) is 9.36 Å². The standard InChI is InChI=1S/C12H12F3N3S2/c1-2-10-17-11(20-18-10)19-9-4-3-8(12(13,14)15)5-7(9)6-16/h3-5H,2,6,16H2,1H3. The predicted molar refractivity (Wildman–Crippen MR) is 72.7 cm³/mol. The SMILES string of the molecule is CCc1nsc(Sc2ccc(C(F)(F)F)cc2CN)n1. The smallest absolute Gasteiger partial charge is 0.326 e. The van der Waals surface area contributed by atoms with E-state index in [9.17, 15) is 13.2 Å². The zero-order valence-corrected chi connectivity index (χ0v) is 12.2. The summed E-state index contributed by atoms with van der Waals surface area (Å²) >= 11 is 2.53. The lowest BCUT2D eigenvalue weighted by Crippen LogP contribution is -2.07. The van der Waals surface area contributed by atoms with Gasteiger partial charge >= 0.3 is 6.18 Å². The number of aromatic nitrogens is 2. The highest BCUT2D eigenvalue weighted by Gasteiger charge is 2.30. The van der Waals surface area contributed by atoms with Gasteiger partial charge in [-0.25, -0.2) is 4.98 Å². The first-order valence-corrected chi connectivity index (χ1v) is 7.43. The number of nitrogens with two attached hydrogens (primary N) is 1. The van der Waals surface area contributed by atoms with Gasteiger partial charge in [0.1, 0.15) is 5.82 Å². The molecule has 0 fully saturated rings. The Kier molecular flexibility index (Phi) is 4.66. The van der Waals surface area contributed by atoms with Crippen LogP contribution in [0, 0.1) is 0 Å². The molecule has 108 valence electrons. The zero-order chi connectivity index (χ0) is 14.8. The molecule has 0 amide bonds. The van der Waals surface area contributed by atoms with Gasteiger partial charge in [0.05, 0.1) is 5.56 Å². The van der Waals surface area contributed by atoms with Gasteiger partial charge in [-0.05, 0) is 35.3 Å². The first-order valence-electron chi connectivity index (χ1n) is 5.84. The Balaban J connectivity index is 2.27. The maximum Gasteiger partial charge on any atom is 0.416 e. The number of hydrogen-bond acceptors (Lipinski definition) is 5. The summed E-state index contributed by atoms with van der Waals surface area (Å²) in [6.07, 6.45) is -3.63. The molecule has 0 unspecified atom stereocenters. The van der Waals surface area contributed by atoms with Gasteiger partial charge < -0.3 is 5.73 Å². The summed E-state index contributed by atoms with van der Waals surface area (Å²) in [4.78, 5) is 4.96. The molecule has 0 aliphatic carbocycles. The minimum Gasteiger partial charge on any atom is -0.326 e. The van der Waals surface area contributed by atoms with Gasteiger partial charge in [-0.15, -0.1) is 0 Å². The molecular formula is C12H12F3N3S2. The molecule has 1 heterocycles. The van der Waals surface area contributed by atoms with Crippen molar-refractivity contribution in [3.63, 3.8) is 0 Å². The fourth-order valence-electron chi connectivity index (χ4n) is 1.53. The van der Waals surface area contributed by atoms with E-state index in [2.05, 4.69) is 9.36 Å². The monoisotopic (exact) mass is 319 g/mol. The summed E-state index contributed by atoms with van der Waals surface area (Å²) in [5.74, 6) is 0.735. The Labute approximate surface area is 122 Å². The molecule has 0 aliphatic rings. The van der Waals surface area contributed by atoms with Gasteiger partial charge in [-0.1, -0.05) is 18.7 Å². The summed E-state index contributed by atoms with van der Waals surface area (Å²) in [5.41, 5.74) is 5.30. The van der Waals surface area contributed by atoms with Crippen molar-refractivity contribution in [2.75, 3.05) is 0 Å². The van der Waals surface area contributed by atoms with Crippen LogP contribution in [0.15, 0.2) is 27.4 Å². The van der Waals surface area contributed by atoms with Crippen LogP contribution in [0.2, 0.25) is 0 Å². The number of benzene rings is 1. The molecule has 0 saturated heterocycles. The van der Waals surface area contributed by atoms with Crippen molar-refractivity contribution in [1.29, 1.82) is 0 Å². The van der Waals surface area contributed by atoms with Crippen LogP contribution in [0.3, 0.4) is 0 Å². The lowest BCUT2D eigenvalue weighted by Gasteiger charge is -2.11. The molecule has 0 saturated carbocycles. The predicted octanol–water partition coefficient (Wildman–Crippen LogP) is 3.73. The van der Waals surface area contributed by atoms with Crippen LogP contribution < -0.4 is 5.73 Å². The van der Waals surface area contributed by atoms with Crippen molar-refractivity contribution >= 4 is 23.3 Å². The summed E-state index contributed by atoms with van der Waals surface area (Å²) in [6.45, 7) is 1.99. The third-order valence-electron chi connectivity index (χ3n) is 2.57. The molecule has 0 aliphatic heterocycles. The van der Waals surface area contributed by atoms with E-state index in [0.717, 1.165) is 24.4 Å². The van der Waals surface area contributed by atoms with Crippen LogP contribution in [0.25, 0.3) is 0 Å². The first-order chi connectivity index (χ1) is 9.44. The van der Waals surface area contributed by atoms with Crippen LogP contribution in [0.4, 0.5) is 13.2 Å². The van der Waals surface area contributed by atoms with E-state index in [1.807, 2.05) is 6.92 Å². The van der Waals surface area contributed by atoms with E-state index in [1.54, 1.807) is 0 Å². The maximum atomic E-state index is 12.6. The van der Waals surface area contributed by atoms with E-state index in [4.69, 9.17) is 5.73 Å². The van der Waals surface area contributed by atoms with Crippen molar-refractivity contribution in [3.05, 3.63) is 35.2 Å². The first kappa shape index (κ1) is 15.3. The highest BCUT2D eigenvalue weighted by Crippen LogP contribution is 2.36. The Hall–Kier alpha value is -1.12. The van der Waals surface area contributed by atoms with Crippen LogP contribution in [0.1, 0.15) is 23.9 Å². The number of rotatable bonds is 4. The molecule has 2 N–H and O–H groups in total. The Morgan fingerprint density at radius 1 is 1.35 bits per heavy atom. The average molecular weight is 319 g/mol. The molecule has 1 aromatic carbocycles. The molecule has 0 spiro atoms. The van der Waals surface area contributed by atoms with E-state index in [-0.39, 0.29) is 6.54 Å². The Morgan fingerprint density at radius 2 is 2.10 bits per heavy atom. The number of nitrogens with zero attached hydrogens (tertiary/aromatic N) is 2. The summed E-state index contributed by atoms with van der Waals surface area (Å²) < 4.78 is 42.8. The van der Waals surface area contributed by atoms with Gasteiger partial charge in [-0.2, -0.15) is 17.5 Å². The van der Waals surface area contributed by atoms with Gasteiger partial charge in [0, 0.05) is 17.9 Å². The van der Waals surface area contributed by atoms with E-state index >= 15 is 0 Å². The molecule has 0 bridgehead atoms. The number of hydrogen-bond donors (Lipinski definition) is 1. The summed E-state index contributed by atoms with van der Waals surface area (Å²) in [6, 6.07) is 3.58. The highest BCUT2D eigenvalue weighted by molar-refractivity contribution is 8.01. The third-order valence-corrected chi connectivity index (χ3v) is 4.48. The minimum absolute atomic E-state index is 0.0473. The fraction of sp³-hybridized carbons (Fsp3) is 0.333. The van der Waals surface area contributed by atoms with Gasteiger partial charge in [0.25, 0.3) is 0 Å². The number of aryl methyl sites for hydroxylation is 1. The summed E-state index contributed by atoms with van der Waals surface area (Å²) in [7, 11) is 0. The van der Waals surface area contributed by atoms with E-state index in [1.165, 1.54) is 29.4 Å². The number of alkyl halides is 3. The van der Waals surface area contributed by atoms with Gasteiger partial charge in [0.15, 0.2) is 4.34 Å². The lowest BCUT2D eigenvalue weighted by molar-refractivity contribution is -0.137. The summed E-state index contributed by atoms with van der Waals surface area (Å²) in [5, 5.41) is 0. The normalized spacial score (nSPS) is 11.8. The fourth-order valence-corrected chi connectivity index (χ4v) is 3.31. The Bertz CT molecular complexity index is 596. The van der Waals surface area contributed by atoms with E-state index in [0.29, 0.717) is 14.8 Å². The van der Waals surface area contributed by atoms with Crippen molar-refractivity contribution in [1.82, 2.24) is 9.36 Å². The lowest BCUT2D eigenvalue weighted by atomic mass is 10.1. The third kappa shape index (κ3) is 3.50. The van der Waals surface area contributed by atoms with Crippen molar-refractivity contribution < 1.29 is 13.2 Å². The van der Waals surface area contributed by atoms with Crippen LogP contribution >= 0.6 is 23.3 Å². The van der Waals surface area contributed by atoms with Crippen molar-refractivity contribution in [2.45, 2.75) is 35.3 Å². The molecule has 3 nitrogen and oxygen atoms in total. The molecule has 1 aromatic heterocycles. The quantitative estimate of drug-likeness (QED) is 0.933. The molecule has 2 rings (SSSR count).